The summed E-state index contributed by atoms with van der Waals surface area (Å²) in [4.78, 5) is 34.4. The fourth-order valence-electron chi connectivity index (χ4n) is 5.57. The van der Waals surface area contributed by atoms with E-state index in [9.17, 15) is 9.59 Å². The molecule has 1 saturated carbocycles. The number of anilines is 1. The number of amides is 2. The van der Waals surface area contributed by atoms with E-state index in [1.54, 1.807) is 13.2 Å². The van der Waals surface area contributed by atoms with Crippen LogP contribution in [0.2, 0.25) is 0 Å². The topological polar surface area (TPSA) is 71.5 Å². The molecule has 2 unspecified atom stereocenters. The minimum Gasteiger partial charge on any atom is -0.497 e. The van der Waals surface area contributed by atoms with Crippen LogP contribution in [0.4, 0.5) is 5.82 Å². The summed E-state index contributed by atoms with van der Waals surface area (Å²) < 4.78 is 5.37. The number of pyridine rings is 1. The van der Waals surface area contributed by atoms with E-state index in [2.05, 4.69) is 10.3 Å². The SMILES string of the molecule is COc1ccc(C2C(C(=O)Nc3cccc(C)n3)c3ccccc3C(=O)N2C2CCCCC2)cc1. The Labute approximate surface area is 206 Å². The van der Waals surface area contributed by atoms with Gasteiger partial charge in [0.1, 0.15) is 11.6 Å². The zero-order chi connectivity index (χ0) is 24.4. The van der Waals surface area contributed by atoms with Gasteiger partial charge in [-0.3, -0.25) is 9.59 Å². The Morgan fingerprint density at radius 3 is 2.43 bits per heavy atom. The maximum atomic E-state index is 14.0. The molecular weight excluding hydrogens is 438 g/mol. The van der Waals surface area contributed by atoms with E-state index in [-0.39, 0.29) is 17.9 Å². The fourth-order valence-corrected chi connectivity index (χ4v) is 5.57. The van der Waals surface area contributed by atoms with Crippen LogP contribution in [0, 0.1) is 6.92 Å². The highest BCUT2D eigenvalue weighted by molar-refractivity contribution is 6.04. The van der Waals surface area contributed by atoms with Crippen LogP contribution in [0.25, 0.3) is 0 Å². The van der Waals surface area contributed by atoms with E-state index < -0.39 is 12.0 Å². The zero-order valence-electron chi connectivity index (χ0n) is 20.2. The highest BCUT2D eigenvalue weighted by atomic mass is 16.5. The number of ether oxygens (including phenoxy) is 1. The summed E-state index contributed by atoms with van der Waals surface area (Å²) in [5, 5.41) is 3.04. The van der Waals surface area contributed by atoms with Crippen molar-refractivity contribution in [3.63, 3.8) is 0 Å². The van der Waals surface area contributed by atoms with E-state index in [0.717, 1.165) is 48.3 Å². The maximum Gasteiger partial charge on any atom is 0.254 e. The Bertz CT molecular complexity index is 1220. The largest absolute Gasteiger partial charge is 0.497 e. The minimum atomic E-state index is -0.568. The maximum absolute atomic E-state index is 14.0. The molecule has 1 N–H and O–H groups in total. The second-order valence-corrected chi connectivity index (χ2v) is 9.44. The van der Waals surface area contributed by atoms with Crippen LogP contribution in [0.1, 0.15) is 71.2 Å². The van der Waals surface area contributed by atoms with Crippen molar-refractivity contribution in [3.05, 3.63) is 89.1 Å². The van der Waals surface area contributed by atoms with Gasteiger partial charge in [-0.2, -0.15) is 0 Å². The lowest BCUT2D eigenvalue weighted by molar-refractivity contribution is -0.119. The third-order valence-electron chi connectivity index (χ3n) is 7.22. The number of hydrogen-bond acceptors (Lipinski definition) is 4. The van der Waals surface area contributed by atoms with Gasteiger partial charge in [0, 0.05) is 17.3 Å². The highest BCUT2D eigenvalue weighted by Gasteiger charge is 2.46. The standard InChI is InChI=1S/C29H31N3O3/c1-19-9-8-14-25(30-19)31-28(33)26-23-12-6-7-13-24(23)29(34)32(21-10-4-3-5-11-21)27(26)20-15-17-22(35-2)18-16-20/h6-9,12-18,21,26-27H,3-5,10-11H2,1-2H3,(H,30,31,33). The zero-order valence-corrected chi connectivity index (χ0v) is 20.2. The van der Waals surface area contributed by atoms with Crippen molar-refractivity contribution in [3.8, 4) is 5.75 Å². The van der Waals surface area contributed by atoms with Crippen LogP contribution in [0.15, 0.2) is 66.7 Å². The third kappa shape index (κ3) is 4.53. The molecule has 35 heavy (non-hydrogen) atoms. The number of rotatable bonds is 5. The van der Waals surface area contributed by atoms with Crippen LogP contribution in [-0.2, 0) is 4.79 Å². The summed E-state index contributed by atoms with van der Waals surface area (Å²) in [6, 6.07) is 20.6. The molecular formula is C29H31N3O3. The first-order chi connectivity index (χ1) is 17.1. The molecule has 6 nitrogen and oxygen atoms in total. The van der Waals surface area contributed by atoms with Gasteiger partial charge in [-0.25, -0.2) is 4.98 Å². The van der Waals surface area contributed by atoms with E-state index >= 15 is 0 Å². The molecule has 1 aliphatic carbocycles. The van der Waals surface area contributed by atoms with Gasteiger partial charge in [0.15, 0.2) is 0 Å². The lowest BCUT2D eigenvalue weighted by atomic mass is 9.77. The molecule has 0 bridgehead atoms. The minimum absolute atomic E-state index is 0.00560. The number of carbonyl (C=O) groups is 2. The van der Waals surface area contributed by atoms with Crippen molar-refractivity contribution < 1.29 is 14.3 Å². The van der Waals surface area contributed by atoms with Gasteiger partial charge in [-0.1, -0.05) is 55.7 Å². The fraction of sp³-hybridized carbons (Fsp3) is 0.345. The first-order valence-electron chi connectivity index (χ1n) is 12.4. The Morgan fingerprint density at radius 1 is 0.971 bits per heavy atom. The van der Waals surface area contributed by atoms with Gasteiger partial charge >= 0.3 is 0 Å². The number of aromatic nitrogens is 1. The lowest BCUT2D eigenvalue weighted by Crippen LogP contribution is -2.51. The van der Waals surface area contributed by atoms with E-state index in [0.29, 0.717) is 11.4 Å². The molecule has 1 aromatic heterocycles. The molecule has 0 saturated heterocycles. The smallest absolute Gasteiger partial charge is 0.254 e. The van der Waals surface area contributed by atoms with Crippen LogP contribution < -0.4 is 10.1 Å². The first kappa shape index (κ1) is 23.1. The molecule has 0 spiro atoms. The van der Waals surface area contributed by atoms with Crippen molar-refractivity contribution in [2.45, 2.75) is 57.0 Å². The van der Waals surface area contributed by atoms with Crippen molar-refractivity contribution in [2.75, 3.05) is 12.4 Å². The molecule has 6 heteroatoms. The quantitative estimate of drug-likeness (QED) is 0.524. The predicted octanol–water partition coefficient (Wildman–Crippen LogP) is 5.65. The van der Waals surface area contributed by atoms with Crippen molar-refractivity contribution >= 4 is 17.6 Å². The van der Waals surface area contributed by atoms with Gasteiger partial charge in [0.05, 0.1) is 19.1 Å². The molecule has 2 atom stereocenters. The number of fused-ring (bicyclic) bond motifs is 1. The Hall–Kier alpha value is -3.67. The molecule has 1 fully saturated rings. The van der Waals surface area contributed by atoms with Gasteiger partial charge in [-0.05, 0) is 61.2 Å². The number of benzene rings is 2. The second-order valence-electron chi connectivity index (χ2n) is 9.44. The van der Waals surface area contributed by atoms with Crippen LogP contribution in [0.3, 0.4) is 0 Å². The summed E-state index contributed by atoms with van der Waals surface area (Å²) in [5.74, 6) is 0.532. The number of methoxy groups -OCH3 is 1. The number of nitrogens with zero attached hydrogens (tertiary/aromatic N) is 2. The number of aryl methyl sites for hydroxylation is 1. The highest BCUT2D eigenvalue weighted by Crippen LogP contribution is 2.46. The third-order valence-corrected chi connectivity index (χ3v) is 7.22. The number of hydrogen-bond donors (Lipinski definition) is 1. The Kier molecular flexibility index (Phi) is 6.53. The second kappa shape index (κ2) is 9.90. The summed E-state index contributed by atoms with van der Waals surface area (Å²) in [7, 11) is 1.63. The van der Waals surface area contributed by atoms with Crippen molar-refractivity contribution in [1.29, 1.82) is 0 Å². The molecule has 2 aliphatic rings. The summed E-state index contributed by atoms with van der Waals surface area (Å²) in [5.41, 5.74) is 3.13. The van der Waals surface area contributed by atoms with Gasteiger partial charge < -0.3 is 15.0 Å². The van der Waals surface area contributed by atoms with Gasteiger partial charge in [0.25, 0.3) is 5.91 Å². The normalized spacial score (nSPS) is 20.3. The predicted molar refractivity (Wildman–Crippen MR) is 136 cm³/mol. The van der Waals surface area contributed by atoms with Crippen LogP contribution in [0.5, 0.6) is 5.75 Å². The molecule has 0 radical (unpaired) electrons. The van der Waals surface area contributed by atoms with Crippen LogP contribution >= 0.6 is 0 Å². The van der Waals surface area contributed by atoms with Gasteiger partial charge in [0.2, 0.25) is 5.91 Å². The Balaban J connectivity index is 1.63. The van der Waals surface area contributed by atoms with E-state index in [1.807, 2.05) is 72.5 Å². The number of carbonyl (C=O) groups excluding carboxylic acids is 2. The molecule has 180 valence electrons. The Morgan fingerprint density at radius 2 is 1.71 bits per heavy atom. The number of nitrogens with one attached hydrogen (secondary N) is 1. The molecule has 2 amide bonds. The lowest BCUT2D eigenvalue weighted by Gasteiger charge is -2.46. The first-order valence-corrected chi connectivity index (χ1v) is 12.4. The summed E-state index contributed by atoms with van der Waals surface area (Å²) in [6.45, 7) is 1.90. The van der Waals surface area contributed by atoms with E-state index in [1.165, 1.54) is 6.42 Å². The van der Waals surface area contributed by atoms with Crippen molar-refractivity contribution in [1.82, 2.24) is 9.88 Å². The summed E-state index contributed by atoms with van der Waals surface area (Å²) in [6.07, 6.45) is 5.28. The molecule has 5 rings (SSSR count). The summed E-state index contributed by atoms with van der Waals surface area (Å²) >= 11 is 0. The van der Waals surface area contributed by atoms with E-state index in [4.69, 9.17) is 4.74 Å². The molecule has 2 heterocycles. The molecule has 2 aromatic carbocycles. The average Bonchev–Trinajstić information content (AvgIpc) is 2.89. The van der Waals surface area contributed by atoms with Gasteiger partial charge in [-0.15, -0.1) is 0 Å². The molecule has 1 aliphatic heterocycles. The average molecular weight is 470 g/mol. The molecule has 3 aromatic rings. The van der Waals surface area contributed by atoms with Crippen LogP contribution in [-0.4, -0.2) is 34.8 Å². The van der Waals surface area contributed by atoms with Crippen molar-refractivity contribution in [2.24, 2.45) is 0 Å². The monoisotopic (exact) mass is 469 g/mol.